The van der Waals surface area contributed by atoms with E-state index in [0.29, 0.717) is 29.5 Å². The van der Waals surface area contributed by atoms with E-state index < -0.39 is 6.03 Å². The molecule has 45 heavy (non-hydrogen) atoms. The summed E-state index contributed by atoms with van der Waals surface area (Å²) in [7, 11) is 0. The molecular formula is C37H37FN4O3. The van der Waals surface area contributed by atoms with Crippen LogP contribution < -0.4 is 15.1 Å². The number of amides is 3. The van der Waals surface area contributed by atoms with Crippen LogP contribution in [0.2, 0.25) is 0 Å². The highest BCUT2D eigenvalue weighted by molar-refractivity contribution is 6.05. The number of aromatic hydroxyl groups is 1. The highest BCUT2D eigenvalue weighted by Gasteiger charge is 2.32. The number of nitrogens with zero attached hydrogens (tertiary/aromatic N) is 3. The third kappa shape index (κ3) is 6.02. The van der Waals surface area contributed by atoms with Gasteiger partial charge in [-0.05, 0) is 77.4 Å². The topological polar surface area (TPSA) is 76.1 Å². The summed E-state index contributed by atoms with van der Waals surface area (Å²) in [5, 5.41) is 12.4. The minimum Gasteiger partial charge on any atom is -0.508 e. The van der Waals surface area contributed by atoms with Crippen molar-refractivity contribution < 1.29 is 19.1 Å². The molecule has 3 amide bonds. The summed E-state index contributed by atoms with van der Waals surface area (Å²) in [6, 6.07) is 29.9. The molecule has 2 saturated heterocycles. The molecule has 8 heteroatoms. The van der Waals surface area contributed by atoms with Crippen molar-refractivity contribution in [2.24, 2.45) is 0 Å². The Morgan fingerprint density at radius 2 is 1.53 bits per heavy atom. The van der Waals surface area contributed by atoms with Crippen molar-refractivity contribution in [3.63, 3.8) is 0 Å². The maximum Gasteiger partial charge on any atom is 0.328 e. The molecule has 7 nitrogen and oxygen atoms in total. The molecule has 230 valence electrons. The van der Waals surface area contributed by atoms with Crippen LogP contribution in [0.25, 0.3) is 0 Å². The lowest BCUT2D eigenvalue weighted by Crippen LogP contribution is -2.49. The fraction of sp³-hybridized carbons (Fsp3) is 0.297. The minimum absolute atomic E-state index is 0.205. The van der Waals surface area contributed by atoms with E-state index in [2.05, 4.69) is 75.8 Å². The Morgan fingerprint density at radius 3 is 2.27 bits per heavy atom. The molecule has 0 radical (unpaired) electrons. The third-order valence-electron chi connectivity index (χ3n) is 9.60. The van der Waals surface area contributed by atoms with Crippen molar-refractivity contribution in [2.45, 2.75) is 37.6 Å². The molecule has 2 N–H and O–H groups in total. The fourth-order valence-corrected chi connectivity index (χ4v) is 7.22. The number of phenols is 1. The van der Waals surface area contributed by atoms with Crippen molar-refractivity contribution in [2.75, 3.05) is 42.5 Å². The molecule has 2 fully saturated rings. The number of rotatable bonds is 6. The molecule has 7 rings (SSSR count). The number of aryl methyl sites for hydroxylation is 1. The zero-order valence-corrected chi connectivity index (χ0v) is 25.2. The Morgan fingerprint density at radius 1 is 0.778 bits per heavy atom. The summed E-state index contributed by atoms with van der Waals surface area (Å²) >= 11 is 0. The monoisotopic (exact) mass is 604 g/mol. The summed E-state index contributed by atoms with van der Waals surface area (Å²) in [5.74, 6) is 0.259. The molecule has 4 aromatic carbocycles. The molecule has 0 aromatic heterocycles. The van der Waals surface area contributed by atoms with Gasteiger partial charge in [0.05, 0.1) is 0 Å². The zero-order valence-electron chi connectivity index (χ0n) is 25.2. The second-order valence-corrected chi connectivity index (χ2v) is 12.3. The zero-order chi connectivity index (χ0) is 30.9. The van der Waals surface area contributed by atoms with Crippen LogP contribution in [0.4, 0.5) is 20.6 Å². The number of nitrogens with one attached hydrogen (secondary N) is 1. The Labute approximate surface area is 262 Å². The van der Waals surface area contributed by atoms with Gasteiger partial charge in [-0.3, -0.25) is 19.9 Å². The van der Waals surface area contributed by atoms with Crippen molar-refractivity contribution in [1.29, 1.82) is 0 Å². The highest BCUT2D eigenvalue weighted by Crippen LogP contribution is 2.47. The molecule has 0 bridgehead atoms. The van der Waals surface area contributed by atoms with E-state index in [0.717, 1.165) is 39.0 Å². The van der Waals surface area contributed by atoms with Crippen LogP contribution in [0.1, 0.15) is 52.5 Å². The molecule has 0 unspecified atom stereocenters. The fourth-order valence-electron chi connectivity index (χ4n) is 7.22. The molecule has 2 aliphatic heterocycles. The second kappa shape index (κ2) is 12.4. The number of hydrogen-bond acceptors (Lipinski definition) is 5. The first-order chi connectivity index (χ1) is 21.9. The van der Waals surface area contributed by atoms with Gasteiger partial charge in [-0.1, -0.05) is 54.6 Å². The SMILES string of the molecule is O=C1CCN(c2ccc(CN3CCN(c4ccc([C@H]5c6ccc(O)cc6CC[C@H]5c5ccccc5)cc4)CC3)c(F)c2)C(=O)N1. The number of carbonyl (C=O) groups excluding carboxylic acids is 2. The van der Waals surface area contributed by atoms with Crippen LogP contribution >= 0.6 is 0 Å². The Kier molecular flexibility index (Phi) is 7.98. The van der Waals surface area contributed by atoms with E-state index in [1.165, 1.54) is 38.9 Å². The normalized spacial score (nSPS) is 20.6. The minimum atomic E-state index is -0.512. The molecule has 2 atom stereocenters. The van der Waals surface area contributed by atoms with Crippen LogP contribution in [0.3, 0.4) is 0 Å². The number of hydrogen-bond donors (Lipinski definition) is 2. The van der Waals surface area contributed by atoms with E-state index in [1.807, 2.05) is 12.1 Å². The van der Waals surface area contributed by atoms with Crippen molar-refractivity contribution in [3.05, 3.63) is 125 Å². The van der Waals surface area contributed by atoms with Gasteiger partial charge in [-0.25, -0.2) is 9.18 Å². The average Bonchev–Trinajstić information content (AvgIpc) is 3.06. The summed E-state index contributed by atoms with van der Waals surface area (Å²) in [5.41, 5.74) is 7.39. The van der Waals surface area contributed by atoms with Gasteiger partial charge in [0, 0.05) is 68.5 Å². The molecule has 1 aliphatic carbocycles. The Balaban J connectivity index is 1.01. The molecule has 0 spiro atoms. The van der Waals surface area contributed by atoms with Crippen LogP contribution in [-0.4, -0.2) is 54.7 Å². The lowest BCUT2D eigenvalue weighted by Gasteiger charge is -2.37. The number of anilines is 2. The van der Waals surface area contributed by atoms with E-state index in [9.17, 15) is 14.7 Å². The highest BCUT2D eigenvalue weighted by atomic mass is 19.1. The molecule has 3 aliphatic rings. The molecular weight excluding hydrogens is 567 g/mol. The maximum absolute atomic E-state index is 15.1. The van der Waals surface area contributed by atoms with Crippen molar-refractivity contribution in [3.8, 4) is 5.75 Å². The van der Waals surface area contributed by atoms with Gasteiger partial charge in [0.2, 0.25) is 5.91 Å². The first kappa shape index (κ1) is 29.0. The maximum atomic E-state index is 15.1. The van der Waals surface area contributed by atoms with E-state index in [1.54, 1.807) is 12.1 Å². The standard InChI is InChI=1S/C37H37FN4O3/c38-34-23-30(42-17-16-35(44)39-37(42)45)12-8-28(34)24-40-18-20-41(21-19-40)29-10-6-26(7-11-29)36-32(25-4-2-1-3-5-25)14-9-27-22-31(43)13-15-33(27)36/h1-8,10-13,15,22-23,32,36,43H,9,14,16-21,24H2,(H,39,44,45)/t32-,36+/m0/s1. The van der Waals surface area contributed by atoms with Crippen molar-refractivity contribution >= 4 is 23.3 Å². The van der Waals surface area contributed by atoms with Gasteiger partial charge >= 0.3 is 6.03 Å². The number of phenolic OH excluding ortho intramolecular Hbond substituents is 1. The summed E-state index contributed by atoms with van der Waals surface area (Å²) in [4.78, 5) is 29.6. The quantitative estimate of drug-likeness (QED) is 0.276. The van der Waals surface area contributed by atoms with Gasteiger partial charge < -0.3 is 10.0 Å². The number of fused-ring (bicyclic) bond motifs is 1. The average molecular weight is 605 g/mol. The molecule has 0 saturated carbocycles. The summed E-state index contributed by atoms with van der Waals surface area (Å²) < 4.78 is 15.1. The van der Waals surface area contributed by atoms with Crippen LogP contribution in [0.5, 0.6) is 5.75 Å². The number of halogens is 1. The van der Waals surface area contributed by atoms with Gasteiger partial charge in [-0.15, -0.1) is 0 Å². The lowest BCUT2D eigenvalue weighted by atomic mass is 9.69. The van der Waals surface area contributed by atoms with Gasteiger partial charge in [0.15, 0.2) is 0 Å². The largest absolute Gasteiger partial charge is 0.508 e. The van der Waals surface area contributed by atoms with E-state index in [-0.39, 0.29) is 30.6 Å². The first-order valence-electron chi connectivity index (χ1n) is 15.8. The van der Waals surface area contributed by atoms with Gasteiger partial charge in [0.1, 0.15) is 11.6 Å². The van der Waals surface area contributed by atoms with E-state index in [4.69, 9.17) is 0 Å². The predicted octanol–water partition coefficient (Wildman–Crippen LogP) is 6.16. The predicted molar refractivity (Wildman–Crippen MR) is 173 cm³/mol. The van der Waals surface area contributed by atoms with Crippen LogP contribution in [0.15, 0.2) is 91.0 Å². The Hall–Kier alpha value is -4.69. The number of urea groups is 1. The number of imide groups is 1. The second-order valence-electron chi connectivity index (χ2n) is 12.3. The number of piperazine rings is 1. The van der Waals surface area contributed by atoms with Gasteiger partial charge in [0.25, 0.3) is 0 Å². The summed E-state index contributed by atoms with van der Waals surface area (Å²) in [6.45, 7) is 4.07. The third-order valence-corrected chi connectivity index (χ3v) is 9.60. The number of benzene rings is 4. The first-order valence-corrected chi connectivity index (χ1v) is 15.8. The summed E-state index contributed by atoms with van der Waals surface area (Å²) in [6.07, 6.45) is 2.19. The van der Waals surface area contributed by atoms with Gasteiger partial charge in [-0.2, -0.15) is 0 Å². The lowest BCUT2D eigenvalue weighted by molar-refractivity contribution is -0.120. The van der Waals surface area contributed by atoms with Crippen molar-refractivity contribution in [1.82, 2.24) is 10.2 Å². The Bertz CT molecular complexity index is 1700. The smallest absolute Gasteiger partial charge is 0.328 e. The van der Waals surface area contributed by atoms with E-state index >= 15 is 4.39 Å². The van der Waals surface area contributed by atoms with Crippen LogP contribution in [0, 0.1) is 5.82 Å². The number of carbonyl (C=O) groups is 2. The molecule has 2 heterocycles. The van der Waals surface area contributed by atoms with Crippen LogP contribution in [-0.2, 0) is 17.8 Å². The molecule has 4 aromatic rings.